The third kappa shape index (κ3) is 1.95. The van der Waals surface area contributed by atoms with E-state index < -0.39 is 6.03 Å². The Morgan fingerprint density at radius 1 is 0.581 bits per heavy atom. The van der Waals surface area contributed by atoms with Crippen LogP contribution in [0.5, 0.6) is 11.5 Å². The van der Waals surface area contributed by atoms with Crippen molar-refractivity contribution in [3.8, 4) is 11.5 Å². The van der Waals surface area contributed by atoms with Gasteiger partial charge in [-0.25, -0.2) is 0 Å². The summed E-state index contributed by atoms with van der Waals surface area (Å²) in [7, 11) is 0. The first-order valence-corrected chi connectivity index (χ1v) is 10.6. The molecule has 0 saturated carbocycles. The Kier molecular flexibility index (Phi) is 3.05. The van der Waals surface area contributed by atoms with Gasteiger partial charge >= 0.3 is 6.03 Å². The zero-order valence-electron chi connectivity index (χ0n) is 17.3. The lowest BCUT2D eigenvalue weighted by atomic mass is 9.99. The van der Waals surface area contributed by atoms with Crippen LogP contribution in [0.3, 0.4) is 0 Å². The van der Waals surface area contributed by atoms with Crippen LogP contribution in [-0.2, 0) is 0 Å². The summed E-state index contributed by atoms with van der Waals surface area (Å²) in [6.45, 7) is 4.29. The van der Waals surface area contributed by atoms with Gasteiger partial charge in [0.25, 0.3) is 0 Å². The van der Waals surface area contributed by atoms with Crippen LogP contribution in [0.2, 0.25) is 0 Å². The van der Waals surface area contributed by atoms with Crippen LogP contribution in [-0.4, -0.2) is 26.6 Å². The molecule has 1 spiro atoms. The molecule has 3 heterocycles. The van der Waals surface area contributed by atoms with Gasteiger partial charge in [0.15, 0.2) is 11.5 Å². The smallest absolute Gasteiger partial charge is 0.340 e. The van der Waals surface area contributed by atoms with Gasteiger partial charge in [0.1, 0.15) is 5.39 Å². The Hall–Kier alpha value is -3.92. The second kappa shape index (κ2) is 5.61. The zero-order valence-corrected chi connectivity index (χ0v) is 17.3. The lowest BCUT2D eigenvalue weighted by molar-refractivity contribution is -0.861. The van der Waals surface area contributed by atoms with Crippen molar-refractivity contribution < 1.29 is 18.6 Å². The molecule has 0 aliphatic carbocycles. The molecular formula is C27H20N2O2+2. The number of para-hydroxylation sites is 2. The summed E-state index contributed by atoms with van der Waals surface area (Å²) < 4.78 is 18.0. The van der Waals surface area contributed by atoms with E-state index in [1.807, 2.05) is 36.4 Å². The maximum atomic E-state index is 6.80. The third-order valence-electron chi connectivity index (χ3n) is 6.62. The van der Waals surface area contributed by atoms with Gasteiger partial charge in [-0.3, -0.25) is 0 Å². The van der Waals surface area contributed by atoms with E-state index in [1.54, 1.807) is 0 Å². The SMILES string of the molecule is CC1=[N+]2c3cccc4cccc(c34)[N+]3=C(C)c4ccccc4OC23Oc2ccccc21. The Bertz CT molecular complexity index is 1400. The Morgan fingerprint density at radius 3 is 1.58 bits per heavy atom. The first kappa shape index (κ1) is 16.8. The maximum Gasteiger partial charge on any atom is 0.715 e. The monoisotopic (exact) mass is 404 g/mol. The molecule has 0 saturated heterocycles. The predicted molar refractivity (Wildman–Crippen MR) is 120 cm³/mol. The second-order valence-corrected chi connectivity index (χ2v) is 8.24. The van der Waals surface area contributed by atoms with Gasteiger partial charge in [0.2, 0.25) is 22.8 Å². The van der Waals surface area contributed by atoms with E-state index in [2.05, 4.69) is 71.5 Å². The average Bonchev–Trinajstić information content (AvgIpc) is 2.79. The van der Waals surface area contributed by atoms with Gasteiger partial charge in [-0.1, -0.05) is 48.5 Å². The average molecular weight is 404 g/mol. The van der Waals surface area contributed by atoms with Crippen LogP contribution < -0.4 is 9.47 Å². The standard InChI is InChI=1S/C27H20N2O2/c1-17-20-11-3-5-15-24(20)30-27-28(17)22-13-7-9-19-10-8-14-23(26(19)22)29(27)18(2)21-12-4-6-16-25(21)31-27/h3-16H,1-2H3/q+2. The van der Waals surface area contributed by atoms with Crippen LogP contribution in [0.4, 0.5) is 11.4 Å². The fourth-order valence-corrected chi connectivity index (χ4v) is 5.30. The molecule has 148 valence electrons. The van der Waals surface area contributed by atoms with Crippen molar-refractivity contribution in [2.75, 3.05) is 0 Å². The predicted octanol–water partition coefficient (Wildman–Crippen LogP) is 5.56. The Balaban J connectivity index is 1.72. The number of fused-ring (bicyclic) bond motifs is 4. The fraction of sp³-hybridized carbons (Fsp3) is 0.111. The Labute approximate surface area is 179 Å². The van der Waals surface area contributed by atoms with Crippen molar-refractivity contribution in [1.82, 2.24) is 0 Å². The number of benzene rings is 4. The van der Waals surface area contributed by atoms with Gasteiger partial charge in [-0.05, 0) is 38.8 Å². The van der Waals surface area contributed by atoms with Crippen molar-refractivity contribution in [2.24, 2.45) is 0 Å². The summed E-state index contributed by atoms with van der Waals surface area (Å²) in [5, 5.41) is 2.40. The quantitative estimate of drug-likeness (QED) is 0.359. The highest BCUT2D eigenvalue weighted by molar-refractivity contribution is 6.05. The molecule has 3 aliphatic heterocycles. The lowest BCUT2D eigenvalue weighted by Gasteiger charge is -2.35. The van der Waals surface area contributed by atoms with Crippen molar-refractivity contribution >= 4 is 33.6 Å². The molecule has 0 radical (unpaired) electrons. The van der Waals surface area contributed by atoms with E-state index in [0.717, 1.165) is 45.4 Å². The van der Waals surface area contributed by atoms with E-state index >= 15 is 0 Å². The molecule has 0 atom stereocenters. The van der Waals surface area contributed by atoms with Crippen LogP contribution in [0.15, 0.2) is 84.9 Å². The maximum absolute atomic E-state index is 6.80. The minimum Gasteiger partial charge on any atom is -0.340 e. The molecule has 0 bridgehead atoms. The number of rotatable bonds is 0. The summed E-state index contributed by atoms with van der Waals surface area (Å²) in [6.07, 6.45) is 0. The molecule has 31 heavy (non-hydrogen) atoms. The van der Waals surface area contributed by atoms with Crippen LogP contribution in [0.25, 0.3) is 10.8 Å². The molecule has 0 amide bonds. The normalized spacial score (nSPS) is 17.2. The third-order valence-corrected chi connectivity index (χ3v) is 6.62. The molecule has 0 fully saturated rings. The van der Waals surface area contributed by atoms with Crippen LogP contribution >= 0.6 is 0 Å². The topological polar surface area (TPSA) is 24.5 Å². The van der Waals surface area contributed by atoms with Crippen LogP contribution in [0, 0.1) is 0 Å². The molecule has 0 unspecified atom stereocenters. The molecule has 0 aromatic heterocycles. The highest BCUT2D eigenvalue weighted by atomic mass is 16.7. The van der Waals surface area contributed by atoms with Crippen molar-refractivity contribution in [2.45, 2.75) is 19.9 Å². The molecule has 4 aromatic carbocycles. The Morgan fingerprint density at radius 2 is 1.06 bits per heavy atom. The molecule has 4 nitrogen and oxygen atoms in total. The van der Waals surface area contributed by atoms with E-state index in [9.17, 15) is 0 Å². The minimum atomic E-state index is -1.17. The largest absolute Gasteiger partial charge is 0.715 e. The summed E-state index contributed by atoms with van der Waals surface area (Å²) in [6, 6.07) is 28.0. The summed E-state index contributed by atoms with van der Waals surface area (Å²) >= 11 is 0. The van der Waals surface area contributed by atoms with Crippen molar-refractivity contribution in [3.05, 3.63) is 96.1 Å². The molecule has 7 rings (SSSR count). The van der Waals surface area contributed by atoms with E-state index in [0.29, 0.717) is 0 Å². The summed E-state index contributed by atoms with van der Waals surface area (Å²) in [5.41, 5.74) is 6.52. The second-order valence-electron chi connectivity index (χ2n) is 8.24. The zero-order chi connectivity index (χ0) is 20.7. The van der Waals surface area contributed by atoms with Gasteiger partial charge in [-0.2, -0.15) is 0 Å². The number of hydrogen-bond donors (Lipinski definition) is 0. The van der Waals surface area contributed by atoms with E-state index in [-0.39, 0.29) is 0 Å². The molecule has 3 aliphatic rings. The number of ether oxygens (including phenoxy) is 2. The molecule has 4 heteroatoms. The van der Waals surface area contributed by atoms with E-state index in [4.69, 9.17) is 9.47 Å². The summed E-state index contributed by atoms with van der Waals surface area (Å²) in [5.74, 6) is 1.64. The van der Waals surface area contributed by atoms with Crippen molar-refractivity contribution in [3.63, 3.8) is 0 Å². The molecule has 4 aromatic rings. The van der Waals surface area contributed by atoms with Gasteiger partial charge in [0.05, 0.1) is 11.1 Å². The van der Waals surface area contributed by atoms with E-state index in [1.165, 1.54) is 10.8 Å². The van der Waals surface area contributed by atoms with Gasteiger partial charge < -0.3 is 9.47 Å². The van der Waals surface area contributed by atoms with Crippen molar-refractivity contribution in [1.29, 1.82) is 0 Å². The van der Waals surface area contributed by atoms with Gasteiger partial charge in [-0.15, -0.1) is 0 Å². The lowest BCUT2D eigenvalue weighted by Crippen LogP contribution is -2.65. The highest BCUT2D eigenvalue weighted by Gasteiger charge is 2.71. The minimum absolute atomic E-state index is 0.819. The molecular weight excluding hydrogens is 384 g/mol. The highest BCUT2D eigenvalue weighted by Crippen LogP contribution is 2.50. The fourth-order valence-electron chi connectivity index (χ4n) is 5.30. The van der Waals surface area contributed by atoms with Crippen LogP contribution in [0.1, 0.15) is 25.0 Å². The summed E-state index contributed by atoms with van der Waals surface area (Å²) in [4.78, 5) is 0. The van der Waals surface area contributed by atoms with Gasteiger partial charge in [0, 0.05) is 26.0 Å². The number of nitrogens with zero attached hydrogens (tertiary/aromatic N) is 2. The molecule has 0 N–H and O–H groups in total. The first-order chi connectivity index (χ1) is 15.2. The first-order valence-electron chi connectivity index (χ1n) is 10.6. The number of hydrogen-bond acceptors (Lipinski definition) is 2.